The van der Waals surface area contributed by atoms with Gasteiger partial charge in [-0.3, -0.25) is 19.5 Å². The number of aromatic nitrogens is 1. The van der Waals surface area contributed by atoms with Crippen molar-refractivity contribution >= 4 is 23.3 Å². The number of esters is 1. The molecule has 3 heterocycles. The minimum atomic E-state index is -0.928. The number of benzene rings is 1. The van der Waals surface area contributed by atoms with Gasteiger partial charge in [-0.2, -0.15) is 0 Å². The number of carbonyl (C=O) groups is 3. The zero-order chi connectivity index (χ0) is 22.8. The summed E-state index contributed by atoms with van der Waals surface area (Å²) >= 11 is 0. The Morgan fingerprint density at radius 1 is 1.12 bits per heavy atom. The number of nitrogens with zero attached hydrogens (tertiary/aromatic N) is 2. The van der Waals surface area contributed by atoms with Gasteiger partial charge in [-0.05, 0) is 61.9 Å². The standard InChI is InChI=1S/C24H20N2O6/c1-14(2)32-24(30)15-7-9-17(10-8-15)26-20(16-5-3-11-25-13-16)19(22(28)23(26)29)21(27)18-6-4-12-31-18/h3-14,20,28H,1-2H3. The minimum absolute atomic E-state index is 0.00173. The summed E-state index contributed by atoms with van der Waals surface area (Å²) in [6.07, 6.45) is 4.16. The number of anilines is 1. The smallest absolute Gasteiger partial charge is 0.338 e. The molecule has 1 atom stereocenters. The molecule has 1 amide bonds. The summed E-state index contributed by atoms with van der Waals surface area (Å²) in [5.74, 6) is -2.50. The van der Waals surface area contributed by atoms with Crippen molar-refractivity contribution in [1.82, 2.24) is 4.98 Å². The van der Waals surface area contributed by atoms with Gasteiger partial charge >= 0.3 is 5.97 Å². The number of Topliss-reactive ketones (excluding diaryl/α,β-unsaturated/α-hetero) is 1. The molecular formula is C24H20N2O6. The van der Waals surface area contributed by atoms with Crippen LogP contribution in [0.4, 0.5) is 5.69 Å². The third-order valence-corrected chi connectivity index (χ3v) is 4.92. The van der Waals surface area contributed by atoms with E-state index >= 15 is 0 Å². The van der Waals surface area contributed by atoms with Crippen LogP contribution in [0.1, 0.15) is 46.4 Å². The van der Waals surface area contributed by atoms with Crippen molar-refractivity contribution in [3.63, 3.8) is 0 Å². The molecule has 1 unspecified atom stereocenters. The number of ketones is 1. The summed E-state index contributed by atoms with van der Waals surface area (Å²) in [6, 6.07) is 11.6. The molecule has 0 fully saturated rings. The zero-order valence-electron chi connectivity index (χ0n) is 17.4. The van der Waals surface area contributed by atoms with E-state index in [2.05, 4.69) is 4.98 Å². The topological polar surface area (TPSA) is 110 Å². The maximum Gasteiger partial charge on any atom is 0.338 e. The molecule has 0 aliphatic carbocycles. The van der Waals surface area contributed by atoms with Crippen LogP contribution in [0, 0.1) is 0 Å². The number of hydrogen-bond donors (Lipinski definition) is 1. The van der Waals surface area contributed by atoms with Crippen molar-refractivity contribution in [2.75, 3.05) is 4.90 Å². The number of pyridine rings is 1. The highest BCUT2D eigenvalue weighted by Crippen LogP contribution is 2.41. The molecule has 2 aromatic heterocycles. The van der Waals surface area contributed by atoms with Crippen LogP contribution >= 0.6 is 0 Å². The third-order valence-electron chi connectivity index (χ3n) is 4.92. The molecule has 0 spiro atoms. The van der Waals surface area contributed by atoms with Gasteiger partial charge < -0.3 is 14.3 Å². The first-order valence-electron chi connectivity index (χ1n) is 9.94. The van der Waals surface area contributed by atoms with E-state index in [0.717, 1.165) is 0 Å². The maximum atomic E-state index is 13.1. The predicted molar refractivity (Wildman–Crippen MR) is 114 cm³/mol. The predicted octanol–water partition coefficient (Wildman–Crippen LogP) is 4.02. The minimum Gasteiger partial charge on any atom is -0.503 e. The lowest BCUT2D eigenvalue weighted by Crippen LogP contribution is -2.31. The van der Waals surface area contributed by atoms with Gasteiger partial charge in [-0.15, -0.1) is 0 Å². The average Bonchev–Trinajstić information content (AvgIpc) is 3.41. The lowest BCUT2D eigenvalue weighted by Gasteiger charge is -2.26. The van der Waals surface area contributed by atoms with Crippen LogP contribution in [0.5, 0.6) is 0 Å². The summed E-state index contributed by atoms with van der Waals surface area (Å²) in [5.41, 5.74) is 1.12. The summed E-state index contributed by atoms with van der Waals surface area (Å²) in [7, 11) is 0. The van der Waals surface area contributed by atoms with E-state index in [1.807, 2.05) is 0 Å². The zero-order valence-corrected chi connectivity index (χ0v) is 17.4. The number of aliphatic hydroxyl groups excluding tert-OH is 1. The van der Waals surface area contributed by atoms with E-state index < -0.39 is 29.5 Å². The van der Waals surface area contributed by atoms with Gasteiger partial charge in [0.2, 0.25) is 5.78 Å². The quantitative estimate of drug-likeness (QED) is 0.463. The molecule has 0 saturated heterocycles. The Morgan fingerprint density at radius 3 is 2.47 bits per heavy atom. The van der Waals surface area contributed by atoms with Crippen LogP contribution < -0.4 is 4.90 Å². The van der Waals surface area contributed by atoms with Crippen LogP contribution in [0.2, 0.25) is 0 Å². The number of carbonyl (C=O) groups excluding carboxylic acids is 3. The Bertz CT molecular complexity index is 1180. The van der Waals surface area contributed by atoms with Crippen LogP contribution in [0.25, 0.3) is 0 Å². The molecule has 4 rings (SSSR count). The first-order chi connectivity index (χ1) is 15.4. The Morgan fingerprint density at radius 2 is 1.88 bits per heavy atom. The second-order valence-electron chi connectivity index (χ2n) is 7.43. The Kier molecular flexibility index (Phi) is 5.59. The molecule has 162 valence electrons. The van der Waals surface area contributed by atoms with E-state index in [9.17, 15) is 19.5 Å². The van der Waals surface area contributed by atoms with Gasteiger partial charge in [0.05, 0.1) is 29.5 Å². The molecule has 0 bridgehead atoms. The van der Waals surface area contributed by atoms with E-state index in [1.165, 1.54) is 35.6 Å². The van der Waals surface area contributed by atoms with E-state index in [0.29, 0.717) is 16.8 Å². The molecule has 1 aliphatic rings. The summed E-state index contributed by atoms with van der Waals surface area (Å²) in [6.45, 7) is 3.50. The summed E-state index contributed by atoms with van der Waals surface area (Å²) in [4.78, 5) is 43.7. The van der Waals surface area contributed by atoms with Gasteiger partial charge in [-0.25, -0.2) is 4.79 Å². The lowest BCUT2D eigenvalue weighted by atomic mass is 9.96. The SMILES string of the molecule is CC(C)OC(=O)c1ccc(N2C(=O)C(O)=C(C(=O)c3ccco3)C2c2cccnc2)cc1. The van der Waals surface area contributed by atoms with Gasteiger partial charge in [0.1, 0.15) is 0 Å². The molecule has 3 aromatic rings. The number of hydrogen-bond acceptors (Lipinski definition) is 7. The summed E-state index contributed by atoms with van der Waals surface area (Å²) in [5, 5.41) is 10.7. The number of ether oxygens (including phenoxy) is 1. The maximum absolute atomic E-state index is 13.1. The highest BCUT2D eigenvalue weighted by molar-refractivity contribution is 6.20. The second kappa shape index (κ2) is 8.50. The normalized spacial score (nSPS) is 16.0. The molecule has 0 saturated carbocycles. The first kappa shape index (κ1) is 21.0. The van der Waals surface area contributed by atoms with E-state index in [1.54, 1.807) is 50.4 Å². The Labute approximate surface area is 183 Å². The van der Waals surface area contributed by atoms with Crippen molar-refractivity contribution in [1.29, 1.82) is 0 Å². The van der Waals surface area contributed by atoms with Crippen molar-refractivity contribution < 1.29 is 28.6 Å². The van der Waals surface area contributed by atoms with Crippen molar-refractivity contribution in [2.45, 2.75) is 26.0 Å². The largest absolute Gasteiger partial charge is 0.503 e. The molecule has 8 nitrogen and oxygen atoms in total. The Hall–Kier alpha value is -4.20. The van der Waals surface area contributed by atoms with Crippen LogP contribution in [-0.4, -0.2) is 33.9 Å². The number of aliphatic hydroxyl groups is 1. The van der Waals surface area contributed by atoms with E-state index in [-0.39, 0.29) is 17.4 Å². The van der Waals surface area contributed by atoms with Crippen molar-refractivity contribution in [3.05, 3.63) is 95.4 Å². The van der Waals surface area contributed by atoms with Crippen molar-refractivity contribution in [3.8, 4) is 0 Å². The fourth-order valence-electron chi connectivity index (χ4n) is 3.54. The molecule has 32 heavy (non-hydrogen) atoms. The van der Waals surface area contributed by atoms with Crippen LogP contribution in [-0.2, 0) is 9.53 Å². The number of furan rings is 1. The van der Waals surface area contributed by atoms with Crippen molar-refractivity contribution in [2.24, 2.45) is 0 Å². The first-order valence-corrected chi connectivity index (χ1v) is 9.94. The molecule has 8 heteroatoms. The van der Waals surface area contributed by atoms with Gasteiger partial charge in [0.15, 0.2) is 11.5 Å². The Balaban J connectivity index is 1.76. The lowest BCUT2D eigenvalue weighted by molar-refractivity contribution is -0.117. The van der Waals surface area contributed by atoms with Gasteiger partial charge in [0, 0.05) is 18.1 Å². The number of amides is 1. The molecule has 1 N–H and O–H groups in total. The van der Waals surface area contributed by atoms with E-state index in [4.69, 9.17) is 9.15 Å². The molecular weight excluding hydrogens is 412 g/mol. The van der Waals surface area contributed by atoms with Gasteiger partial charge in [0.25, 0.3) is 5.91 Å². The highest BCUT2D eigenvalue weighted by atomic mass is 16.5. The summed E-state index contributed by atoms with van der Waals surface area (Å²) < 4.78 is 10.4. The fraction of sp³-hybridized carbons (Fsp3) is 0.167. The molecule has 1 aliphatic heterocycles. The number of rotatable bonds is 6. The van der Waals surface area contributed by atoms with Crippen LogP contribution in [0.15, 0.2) is 82.9 Å². The average molecular weight is 432 g/mol. The monoisotopic (exact) mass is 432 g/mol. The molecule has 0 radical (unpaired) electrons. The van der Waals surface area contributed by atoms with Gasteiger partial charge in [-0.1, -0.05) is 6.07 Å². The fourth-order valence-corrected chi connectivity index (χ4v) is 3.54. The molecule has 1 aromatic carbocycles. The highest BCUT2D eigenvalue weighted by Gasteiger charge is 2.45. The second-order valence-corrected chi connectivity index (χ2v) is 7.43. The third kappa shape index (κ3) is 3.78. The van der Waals surface area contributed by atoms with Crippen LogP contribution in [0.3, 0.4) is 0 Å².